The van der Waals surface area contributed by atoms with Crippen LogP contribution in [0.4, 0.5) is 11.5 Å². The molecular weight excluding hydrogens is 615 g/mol. The van der Waals surface area contributed by atoms with E-state index in [2.05, 4.69) is 21.0 Å². The smallest absolute Gasteiger partial charge is 0.248 e. The van der Waals surface area contributed by atoms with Crippen molar-refractivity contribution in [3.63, 3.8) is 0 Å². The van der Waals surface area contributed by atoms with Crippen molar-refractivity contribution in [1.29, 1.82) is 0 Å². The number of fused-ring (bicyclic) bond motifs is 4. The van der Waals surface area contributed by atoms with Crippen molar-refractivity contribution in [3.05, 3.63) is 56.9 Å². The maximum Gasteiger partial charge on any atom is 0.248 e. The van der Waals surface area contributed by atoms with Gasteiger partial charge in [0.25, 0.3) is 0 Å². The molecule has 2 atom stereocenters. The van der Waals surface area contributed by atoms with Crippen LogP contribution in [0.2, 0.25) is 0 Å². The van der Waals surface area contributed by atoms with Gasteiger partial charge in [0.05, 0.1) is 38.8 Å². The summed E-state index contributed by atoms with van der Waals surface area (Å²) in [5, 5.41) is 13.9. The summed E-state index contributed by atoms with van der Waals surface area (Å²) in [5.74, 6) is 4.02. The van der Waals surface area contributed by atoms with E-state index in [-0.39, 0.29) is 22.9 Å². The fourth-order valence-corrected chi connectivity index (χ4v) is 7.53. The molecule has 2 aromatic carbocycles. The SMILES string of the molecule is COc1cc2c(c(OC)c1OC)-c1ccc(NC(CCSC)C(=O)Nc3c4c(nn3C)CSC4)c(=O)cc1C(NC(C)=O)CC2. The van der Waals surface area contributed by atoms with Crippen LogP contribution < -0.4 is 35.6 Å². The number of carbonyl (C=O) groups is 2. The first kappa shape index (κ1) is 32.6. The highest BCUT2D eigenvalue weighted by molar-refractivity contribution is 7.98. The Morgan fingerprint density at radius 1 is 1.13 bits per heavy atom. The third kappa shape index (κ3) is 6.60. The van der Waals surface area contributed by atoms with Gasteiger partial charge in [-0.1, -0.05) is 6.07 Å². The van der Waals surface area contributed by atoms with Crippen LogP contribution in [-0.2, 0) is 34.6 Å². The van der Waals surface area contributed by atoms with Gasteiger partial charge in [-0.2, -0.15) is 28.6 Å². The lowest BCUT2D eigenvalue weighted by Crippen LogP contribution is -2.37. The number of hydrogen-bond donors (Lipinski definition) is 3. The number of benzene rings is 1. The van der Waals surface area contributed by atoms with Crippen LogP contribution in [0.5, 0.6) is 17.2 Å². The van der Waals surface area contributed by atoms with Crippen molar-refractivity contribution in [3.8, 4) is 28.4 Å². The van der Waals surface area contributed by atoms with Gasteiger partial charge in [-0.05, 0) is 66.2 Å². The van der Waals surface area contributed by atoms with Crippen LogP contribution in [0.25, 0.3) is 11.1 Å². The molecule has 5 rings (SSSR count). The van der Waals surface area contributed by atoms with Gasteiger partial charge in [0.1, 0.15) is 11.9 Å². The topological polar surface area (TPSA) is 133 Å². The summed E-state index contributed by atoms with van der Waals surface area (Å²) in [6, 6.07) is 5.91. The average molecular weight is 654 g/mol. The van der Waals surface area contributed by atoms with Crippen molar-refractivity contribution < 1.29 is 23.8 Å². The molecule has 0 saturated carbocycles. The highest BCUT2D eigenvalue weighted by atomic mass is 32.2. The third-order valence-corrected chi connectivity index (χ3v) is 9.74. The Balaban J connectivity index is 1.59. The highest BCUT2D eigenvalue weighted by Gasteiger charge is 2.30. The molecule has 0 fully saturated rings. The molecule has 0 radical (unpaired) electrons. The molecule has 2 unspecified atom stereocenters. The van der Waals surface area contributed by atoms with E-state index in [1.807, 2.05) is 25.4 Å². The molecule has 45 heavy (non-hydrogen) atoms. The van der Waals surface area contributed by atoms with Gasteiger partial charge in [-0.15, -0.1) is 0 Å². The minimum atomic E-state index is -0.677. The highest BCUT2D eigenvalue weighted by Crippen LogP contribution is 2.50. The molecular formula is C32H39N5O6S2. The molecule has 1 aliphatic heterocycles. The van der Waals surface area contributed by atoms with Crippen LogP contribution in [-0.4, -0.2) is 61.0 Å². The molecule has 2 heterocycles. The van der Waals surface area contributed by atoms with Crippen LogP contribution in [0.15, 0.2) is 29.1 Å². The molecule has 11 nitrogen and oxygen atoms in total. The molecule has 2 aliphatic rings. The number of aryl methyl sites for hydroxylation is 2. The number of methoxy groups -OCH3 is 3. The first-order valence-corrected chi connectivity index (χ1v) is 17.2. The number of nitrogens with one attached hydrogen (secondary N) is 3. The second-order valence-corrected chi connectivity index (χ2v) is 12.9. The first-order valence-electron chi connectivity index (χ1n) is 14.7. The van der Waals surface area contributed by atoms with E-state index in [1.54, 1.807) is 61.7 Å². The number of amides is 2. The number of thioether (sulfide) groups is 2. The number of anilines is 2. The summed E-state index contributed by atoms with van der Waals surface area (Å²) in [6.07, 6.45) is 3.63. The van der Waals surface area contributed by atoms with Crippen LogP contribution in [0.1, 0.15) is 48.2 Å². The minimum absolute atomic E-state index is 0.204. The fourth-order valence-electron chi connectivity index (χ4n) is 6.02. The second kappa shape index (κ2) is 14.1. The van der Waals surface area contributed by atoms with E-state index in [0.717, 1.165) is 39.5 Å². The predicted octanol–water partition coefficient (Wildman–Crippen LogP) is 4.52. The van der Waals surface area contributed by atoms with E-state index in [9.17, 15) is 14.4 Å². The molecule has 0 bridgehead atoms. The van der Waals surface area contributed by atoms with E-state index in [1.165, 1.54) is 6.92 Å². The van der Waals surface area contributed by atoms with Crippen molar-refractivity contribution >= 4 is 46.8 Å². The van der Waals surface area contributed by atoms with Gasteiger partial charge in [0, 0.05) is 36.6 Å². The van der Waals surface area contributed by atoms with Crippen molar-refractivity contribution in [2.75, 3.05) is 44.0 Å². The van der Waals surface area contributed by atoms with E-state index >= 15 is 0 Å². The maximum atomic E-state index is 13.9. The number of ether oxygens (including phenoxy) is 3. The summed E-state index contributed by atoms with van der Waals surface area (Å²) < 4.78 is 18.9. The van der Waals surface area contributed by atoms with E-state index in [4.69, 9.17) is 14.2 Å². The fraction of sp³-hybridized carbons (Fsp3) is 0.438. The van der Waals surface area contributed by atoms with E-state index in [0.29, 0.717) is 53.6 Å². The van der Waals surface area contributed by atoms with Gasteiger partial charge in [-0.25, -0.2) is 0 Å². The quantitative estimate of drug-likeness (QED) is 0.272. The molecule has 1 aromatic heterocycles. The Morgan fingerprint density at radius 2 is 1.91 bits per heavy atom. The molecule has 2 amide bonds. The molecule has 0 saturated heterocycles. The summed E-state index contributed by atoms with van der Waals surface area (Å²) in [4.78, 5) is 39.9. The average Bonchev–Trinajstić information content (AvgIpc) is 3.50. The van der Waals surface area contributed by atoms with Gasteiger partial charge < -0.3 is 30.2 Å². The Hall–Kier alpha value is -3.84. The Morgan fingerprint density at radius 3 is 2.60 bits per heavy atom. The predicted molar refractivity (Wildman–Crippen MR) is 180 cm³/mol. The van der Waals surface area contributed by atoms with Crippen molar-refractivity contribution in [1.82, 2.24) is 15.1 Å². The van der Waals surface area contributed by atoms with Crippen LogP contribution in [0, 0.1) is 0 Å². The second-order valence-electron chi connectivity index (χ2n) is 11.0. The molecule has 0 spiro atoms. The summed E-state index contributed by atoms with van der Waals surface area (Å²) in [7, 11) is 6.50. The molecule has 3 N–H and O–H groups in total. The lowest BCUT2D eigenvalue weighted by molar-refractivity contribution is -0.120. The monoisotopic (exact) mass is 653 g/mol. The van der Waals surface area contributed by atoms with Crippen molar-refractivity contribution in [2.45, 2.75) is 49.8 Å². The number of hydrogen-bond acceptors (Lipinski definition) is 10. The minimum Gasteiger partial charge on any atom is -0.493 e. The number of carbonyl (C=O) groups excluding carboxylic acids is 2. The maximum absolute atomic E-state index is 13.9. The normalized spacial score (nSPS) is 15.6. The number of nitrogens with zero attached hydrogens (tertiary/aromatic N) is 2. The Bertz CT molecular complexity index is 1680. The summed E-state index contributed by atoms with van der Waals surface area (Å²) in [5.41, 5.74) is 5.08. The zero-order valence-electron chi connectivity index (χ0n) is 26.4. The summed E-state index contributed by atoms with van der Waals surface area (Å²) >= 11 is 3.39. The van der Waals surface area contributed by atoms with Crippen LogP contribution >= 0.6 is 23.5 Å². The van der Waals surface area contributed by atoms with Crippen molar-refractivity contribution in [2.24, 2.45) is 7.05 Å². The molecule has 13 heteroatoms. The Kier molecular flexibility index (Phi) is 10.2. The largest absolute Gasteiger partial charge is 0.493 e. The molecule has 1 aliphatic carbocycles. The Labute approximate surface area is 271 Å². The van der Waals surface area contributed by atoms with Gasteiger partial charge in [0.15, 0.2) is 11.5 Å². The summed E-state index contributed by atoms with van der Waals surface area (Å²) in [6.45, 7) is 1.46. The van der Waals surface area contributed by atoms with Gasteiger partial charge in [-0.3, -0.25) is 19.1 Å². The lowest BCUT2D eigenvalue weighted by atomic mass is 9.95. The van der Waals surface area contributed by atoms with Gasteiger partial charge >= 0.3 is 0 Å². The third-order valence-electron chi connectivity index (χ3n) is 8.13. The van der Waals surface area contributed by atoms with E-state index < -0.39 is 12.1 Å². The zero-order chi connectivity index (χ0) is 32.2. The zero-order valence-corrected chi connectivity index (χ0v) is 28.0. The molecule has 240 valence electrons. The number of rotatable bonds is 11. The first-order chi connectivity index (χ1) is 21.7. The standard InChI is InChI=1S/C32H39N5O6S2/c1-17(38)33-22-9-7-18-13-27(41-3)29(42-4)30(43-5)28(18)19-8-10-23(26(39)14-20(19)22)34-24(11-12-44-6)32(40)35-31-21-15-45-16-25(21)36-37(31)2/h8,10,13-14,22,24H,7,9,11-12,15-16H2,1-6H3,(H,33,38)(H,34,39)(H,35,40). The van der Waals surface area contributed by atoms with Gasteiger partial charge in [0.2, 0.25) is 23.0 Å². The number of aromatic nitrogens is 2. The lowest BCUT2D eigenvalue weighted by Gasteiger charge is -2.19. The van der Waals surface area contributed by atoms with Crippen LogP contribution in [0.3, 0.4) is 0 Å². The molecule has 3 aromatic rings.